The van der Waals surface area contributed by atoms with Gasteiger partial charge < -0.3 is 5.32 Å². The van der Waals surface area contributed by atoms with E-state index in [1.165, 1.54) is 19.3 Å². The van der Waals surface area contributed by atoms with E-state index in [4.69, 9.17) is 11.6 Å². The molecule has 29 heavy (non-hydrogen) atoms. The number of rotatable bonds is 5. The van der Waals surface area contributed by atoms with Crippen molar-refractivity contribution in [2.75, 3.05) is 19.6 Å². The van der Waals surface area contributed by atoms with E-state index in [0.717, 1.165) is 55.7 Å². The Bertz CT molecular complexity index is 837. The maximum atomic E-state index is 12.6. The number of hydrogen-bond acceptors (Lipinski definition) is 4. The normalized spacial score (nSPS) is 21.1. The molecule has 154 valence electrons. The van der Waals surface area contributed by atoms with Crippen molar-refractivity contribution in [3.63, 3.8) is 0 Å². The lowest BCUT2D eigenvalue weighted by Gasteiger charge is -2.33. The van der Waals surface area contributed by atoms with Crippen LogP contribution in [0.4, 0.5) is 0 Å². The molecule has 0 unspecified atom stereocenters. The molecule has 1 aliphatic heterocycles. The zero-order valence-corrected chi connectivity index (χ0v) is 17.6. The minimum atomic E-state index is 0.159. The van der Waals surface area contributed by atoms with Gasteiger partial charge in [0.2, 0.25) is 5.91 Å². The standard InChI is InChI=1S/C23H29ClN4O/c24-19-8-4-6-17(14-19)22-23(26-12-11-25-22)18-7-5-13-28(15-18)16-21(29)27-20-9-2-1-3-10-20/h4,6,8,11-12,14,18,20H,1-3,5,7,9-10,13,15-16H2,(H,27,29)/t18-/m1/s1. The lowest BCUT2D eigenvalue weighted by molar-refractivity contribution is -0.123. The first-order valence-electron chi connectivity index (χ1n) is 10.8. The molecule has 1 N–H and O–H groups in total. The van der Waals surface area contributed by atoms with Crippen LogP contribution >= 0.6 is 11.6 Å². The van der Waals surface area contributed by atoms with Gasteiger partial charge in [-0.3, -0.25) is 19.7 Å². The summed E-state index contributed by atoms with van der Waals surface area (Å²) < 4.78 is 0. The second-order valence-corrected chi connectivity index (χ2v) is 8.71. The molecule has 4 rings (SSSR count). The number of nitrogens with zero attached hydrogens (tertiary/aromatic N) is 3. The predicted molar refractivity (Wildman–Crippen MR) is 116 cm³/mol. The van der Waals surface area contributed by atoms with Gasteiger partial charge in [0.15, 0.2) is 0 Å². The Balaban J connectivity index is 1.43. The van der Waals surface area contributed by atoms with Crippen molar-refractivity contribution in [3.05, 3.63) is 47.4 Å². The molecule has 1 aromatic carbocycles. The molecule has 0 bridgehead atoms. The Hall–Kier alpha value is -1.98. The van der Waals surface area contributed by atoms with Crippen LogP contribution in [0.15, 0.2) is 36.7 Å². The number of aromatic nitrogens is 2. The van der Waals surface area contributed by atoms with E-state index in [-0.39, 0.29) is 11.8 Å². The topological polar surface area (TPSA) is 58.1 Å². The van der Waals surface area contributed by atoms with Crippen molar-refractivity contribution < 1.29 is 4.79 Å². The smallest absolute Gasteiger partial charge is 0.234 e. The van der Waals surface area contributed by atoms with Crippen molar-refractivity contribution in [1.29, 1.82) is 0 Å². The average Bonchev–Trinajstić information content (AvgIpc) is 2.74. The van der Waals surface area contributed by atoms with Crippen LogP contribution in [0.3, 0.4) is 0 Å². The van der Waals surface area contributed by atoms with Gasteiger partial charge in [0.25, 0.3) is 0 Å². The lowest BCUT2D eigenvalue weighted by atomic mass is 9.91. The fourth-order valence-corrected chi connectivity index (χ4v) is 4.84. The SMILES string of the molecule is O=C(CN1CCC[C@@H](c2nccnc2-c2cccc(Cl)c2)C1)NC1CCCCC1. The molecule has 6 heteroatoms. The molecular formula is C23H29ClN4O. The third-order valence-electron chi connectivity index (χ3n) is 6.05. The fraction of sp³-hybridized carbons (Fsp3) is 0.522. The molecule has 2 aromatic rings. The van der Waals surface area contributed by atoms with Crippen LogP contribution in [-0.4, -0.2) is 46.5 Å². The predicted octanol–water partition coefficient (Wildman–Crippen LogP) is 4.43. The van der Waals surface area contributed by atoms with Crippen molar-refractivity contribution in [1.82, 2.24) is 20.2 Å². The zero-order valence-electron chi connectivity index (χ0n) is 16.8. The Kier molecular flexibility index (Phi) is 6.78. The molecule has 5 nitrogen and oxygen atoms in total. The Morgan fingerprint density at radius 1 is 1.10 bits per heavy atom. The van der Waals surface area contributed by atoms with E-state index in [9.17, 15) is 4.79 Å². The second kappa shape index (κ2) is 9.68. The van der Waals surface area contributed by atoms with E-state index in [2.05, 4.69) is 20.2 Å². The molecule has 1 aliphatic carbocycles. The van der Waals surface area contributed by atoms with Gasteiger partial charge in [-0.2, -0.15) is 0 Å². The average molecular weight is 413 g/mol. The van der Waals surface area contributed by atoms with Gasteiger partial charge in [-0.15, -0.1) is 0 Å². The first kappa shape index (κ1) is 20.3. The van der Waals surface area contributed by atoms with Gasteiger partial charge >= 0.3 is 0 Å². The number of amides is 1. The summed E-state index contributed by atoms with van der Waals surface area (Å²) in [4.78, 5) is 24.1. The molecule has 0 radical (unpaired) electrons. The molecule has 1 saturated carbocycles. The summed E-state index contributed by atoms with van der Waals surface area (Å²) in [7, 11) is 0. The van der Waals surface area contributed by atoms with Crippen LogP contribution < -0.4 is 5.32 Å². The van der Waals surface area contributed by atoms with E-state index < -0.39 is 0 Å². The number of nitrogens with one attached hydrogen (secondary N) is 1. The van der Waals surface area contributed by atoms with Gasteiger partial charge in [-0.1, -0.05) is 43.0 Å². The highest BCUT2D eigenvalue weighted by molar-refractivity contribution is 6.30. The molecule has 0 spiro atoms. The van der Waals surface area contributed by atoms with Gasteiger partial charge in [0.05, 0.1) is 17.9 Å². The van der Waals surface area contributed by atoms with Crippen molar-refractivity contribution in [3.8, 4) is 11.3 Å². The van der Waals surface area contributed by atoms with Crippen LogP contribution in [0, 0.1) is 0 Å². The van der Waals surface area contributed by atoms with Gasteiger partial charge in [-0.05, 0) is 44.4 Å². The zero-order chi connectivity index (χ0) is 20.1. The van der Waals surface area contributed by atoms with E-state index in [0.29, 0.717) is 17.6 Å². The highest BCUT2D eigenvalue weighted by Gasteiger charge is 2.27. The van der Waals surface area contributed by atoms with Crippen molar-refractivity contribution in [2.24, 2.45) is 0 Å². The molecule has 1 amide bonds. The highest BCUT2D eigenvalue weighted by atomic mass is 35.5. The summed E-state index contributed by atoms with van der Waals surface area (Å²) in [6.45, 7) is 2.27. The first-order chi connectivity index (χ1) is 14.2. The Labute approximate surface area is 177 Å². The summed E-state index contributed by atoms with van der Waals surface area (Å²) >= 11 is 6.19. The van der Waals surface area contributed by atoms with Gasteiger partial charge in [0, 0.05) is 41.5 Å². The van der Waals surface area contributed by atoms with E-state index in [1.54, 1.807) is 12.4 Å². The van der Waals surface area contributed by atoms with Crippen LogP contribution in [0.5, 0.6) is 0 Å². The molecule has 1 aromatic heterocycles. The number of carbonyl (C=O) groups excluding carboxylic acids is 1. The molecule has 2 heterocycles. The van der Waals surface area contributed by atoms with Gasteiger partial charge in [0.1, 0.15) is 0 Å². The number of likely N-dealkylation sites (tertiary alicyclic amines) is 1. The van der Waals surface area contributed by atoms with Crippen LogP contribution in [0.2, 0.25) is 5.02 Å². The summed E-state index contributed by atoms with van der Waals surface area (Å²) in [5.41, 5.74) is 2.90. The number of halogens is 1. The third-order valence-corrected chi connectivity index (χ3v) is 6.29. The molecule has 2 aliphatic rings. The lowest BCUT2D eigenvalue weighted by Crippen LogP contribution is -2.45. The Morgan fingerprint density at radius 3 is 2.76 bits per heavy atom. The van der Waals surface area contributed by atoms with Crippen molar-refractivity contribution in [2.45, 2.75) is 56.9 Å². The monoisotopic (exact) mass is 412 g/mol. The maximum Gasteiger partial charge on any atom is 0.234 e. The third kappa shape index (κ3) is 5.34. The maximum absolute atomic E-state index is 12.6. The van der Waals surface area contributed by atoms with Crippen LogP contribution in [0.25, 0.3) is 11.3 Å². The summed E-state index contributed by atoms with van der Waals surface area (Å²) in [5.74, 6) is 0.431. The number of carbonyl (C=O) groups is 1. The quantitative estimate of drug-likeness (QED) is 0.789. The summed E-state index contributed by atoms with van der Waals surface area (Å²) in [6, 6.07) is 8.14. The number of piperidine rings is 1. The van der Waals surface area contributed by atoms with E-state index >= 15 is 0 Å². The summed E-state index contributed by atoms with van der Waals surface area (Å²) in [6.07, 6.45) is 11.6. The molecule has 1 atom stereocenters. The largest absolute Gasteiger partial charge is 0.352 e. The minimum absolute atomic E-state index is 0.159. The second-order valence-electron chi connectivity index (χ2n) is 8.28. The number of hydrogen-bond donors (Lipinski definition) is 1. The fourth-order valence-electron chi connectivity index (χ4n) is 4.65. The number of benzene rings is 1. The summed E-state index contributed by atoms with van der Waals surface area (Å²) in [5, 5.41) is 3.94. The first-order valence-corrected chi connectivity index (χ1v) is 11.2. The van der Waals surface area contributed by atoms with Gasteiger partial charge in [-0.25, -0.2) is 0 Å². The Morgan fingerprint density at radius 2 is 1.93 bits per heavy atom. The van der Waals surface area contributed by atoms with Crippen LogP contribution in [-0.2, 0) is 4.79 Å². The minimum Gasteiger partial charge on any atom is -0.352 e. The molecular weight excluding hydrogens is 384 g/mol. The highest BCUT2D eigenvalue weighted by Crippen LogP contribution is 2.32. The molecule has 1 saturated heterocycles. The van der Waals surface area contributed by atoms with Crippen LogP contribution in [0.1, 0.15) is 56.6 Å². The van der Waals surface area contributed by atoms with Crippen molar-refractivity contribution >= 4 is 17.5 Å². The molecule has 2 fully saturated rings. The van der Waals surface area contributed by atoms with E-state index in [1.807, 2.05) is 24.3 Å².